The molecule has 1 aromatic carbocycles. The second-order valence-electron chi connectivity index (χ2n) is 5.49. The van der Waals surface area contributed by atoms with E-state index in [-0.39, 0.29) is 5.56 Å². The van der Waals surface area contributed by atoms with Crippen molar-refractivity contribution in [3.05, 3.63) is 89.4 Å². The molecule has 3 heterocycles. The molecule has 4 rings (SSSR count). The fourth-order valence-electron chi connectivity index (χ4n) is 2.75. The van der Waals surface area contributed by atoms with Crippen molar-refractivity contribution in [1.82, 2.24) is 19.5 Å². The van der Waals surface area contributed by atoms with Gasteiger partial charge in [-0.2, -0.15) is 0 Å². The number of hydrogen-bond donors (Lipinski definition) is 0. The summed E-state index contributed by atoms with van der Waals surface area (Å²) in [6, 6.07) is 13.9. The van der Waals surface area contributed by atoms with Crippen LogP contribution in [0.1, 0.15) is 5.56 Å². The molecule has 116 valence electrons. The Morgan fingerprint density at radius 2 is 1.75 bits per heavy atom. The molecular weight excluding hydrogens is 300 g/mol. The summed E-state index contributed by atoms with van der Waals surface area (Å²) in [6.45, 7) is 0.482. The molecule has 5 heteroatoms. The molecule has 0 saturated carbocycles. The van der Waals surface area contributed by atoms with Gasteiger partial charge in [-0.05, 0) is 34.9 Å². The first-order chi connectivity index (χ1) is 11.8. The van der Waals surface area contributed by atoms with E-state index in [4.69, 9.17) is 0 Å². The van der Waals surface area contributed by atoms with E-state index < -0.39 is 0 Å². The predicted octanol–water partition coefficient (Wildman–Crippen LogP) is 2.90. The Labute approximate surface area is 138 Å². The Balaban J connectivity index is 1.77. The average molecular weight is 314 g/mol. The van der Waals surface area contributed by atoms with Crippen molar-refractivity contribution >= 4 is 11.0 Å². The predicted molar refractivity (Wildman–Crippen MR) is 92.6 cm³/mol. The fourth-order valence-corrected chi connectivity index (χ4v) is 2.75. The molecule has 24 heavy (non-hydrogen) atoms. The maximum atomic E-state index is 12.3. The lowest BCUT2D eigenvalue weighted by Crippen LogP contribution is -2.21. The van der Waals surface area contributed by atoms with Crippen LogP contribution in [0.4, 0.5) is 0 Å². The molecule has 0 aliphatic carbocycles. The van der Waals surface area contributed by atoms with Gasteiger partial charge >= 0.3 is 0 Å². The van der Waals surface area contributed by atoms with Crippen molar-refractivity contribution in [3.8, 4) is 11.1 Å². The molecule has 0 radical (unpaired) electrons. The molecule has 3 aromatic heterocycles. The lowest BCUT2D eigenvalue weighted by Gasteiger charge is -2.10. The van der Waals surface area contributed by atoms with Crippen LogP contribution in [-0.2, 0) is 6.54 Å². The van der Waals surface area contributed by atoms with E-state index in [1.54, 1.807) is 23.2 Å². The molecular formula is C19H14N4O. The lowest BCUT2D eigenvalue weighted by molar-refractivity contribution is 0.786. The van der Waals surface area contributed by atoms with Gasteiger partial charge in [-0.15, -0.1) is 0 Å². The maximum Gasteiger partial charge on any atom is 0.269 e. The molecule has 0 bridgehead atoms. The molecule has 0 atom stereocenters. The minimum atomic E-state index is -0.125. The summed E-state index contributed by atoms with van der Waals surface area (Å²) in [7, 11) is 0. The van der Waals surface area contributed by atoms with E-state index in [0.29, 0.717) is 12.1 Å². The maximum absolute atomic E-state index is 12.3. The first-order valence-corrected chi connectivity index (χ1v) is 7.60. The summed E-state index contributed by atoms with van der Waals surface area (Å²) in [5.74, 6) is 0. The standard InChI is InChI=1S/C19H14N4O/c24-19-12-22-17-11-21-8-6-18(17)23(19)13-14-3-1-4-15(9-14)16-5-2-7-20-10-16/h1-12H,13H2. The Kier molecular flexibility index (Phi) is 3.59. The lowest BCUT2D eigenvalue weighted by atomic mass is 10.0. The van der Waals surface area contributed by atoms with E-state index in [1.807, 2.05) is 42.6 Å². The highest BCUT2D eigenvalue weighted by Gasteiger charge is 2.06. The summed E-state index contributed by atoms with van der Waals surface area (Å²) >= 11 is 0. The van der Waals surface area contributed by atoms with Crippen LogP contribution in [0.5, 0.6) is 0 Å². The molecule has 0 fully saturated rings. The van der Waals surface area contributed by atoms with Crippen LogP contribution in [0.3, 0.4) is 0 Å². The summed E-state index contributed by atoms with van der Waals surface area (Å²) in [5.41, 5.74) is 4.54. The van der Waals surface area contributed by atoms with Gasteiger partial charge in [0.25, 0.3) is 5.56 Å². The number of aromatic nitrogens is 4. The third-order valence-electron chi connectivity index (χ3n) is 3.91. The fraction of sp³-hybridized carbons (Fsp3) is 0.0526. The minimum absolute atomic E-state index is 0.125. The van der Waals surface area contributed by atoms with E-state index in [2.05, 4.69) is 21.0 Å². The minimum Gasteiger partial charge on any atom is -0.301 e. The van der Waals surface area contributed by atoms with Crippen LogP contribution in [0, 0.1) is 0 Å². The van der Waals surface area contributed by atoms with Crippen LogP contribution in [0.15, 0.2) is 78.2 Å². The van der Waals surface area contributed by atoms with Gasteiger partial charge in [0.05, 0.1) is 24.5 Å². The average Bonchev–Trinajstić information content (AvgIpc) is 2.65. The highest BCUT2D eigenvalue weighted by Crippen LogP contribution is 2.20. The van der Waals surface area contributed by atoms with Gasteiger partial charge in [0, 0.05) is 18.6 Å². The number of pyridine rings is 2. The molecule has 0 aliphatic rings. The molecule has 0 spiro atoms. The van der Waals surface area contributed by atoms with Gasteiger partial charge in [0.1, 0.15) is 5.52 Å². The van der Waals surface area contributed by atoms with Crippen LogP contribution < -0.4 is 5.56 Å². The third-order valence-corrected chi connectivity index (χ3v) is 3.91. The van der Waals surface area contributed by atoms with Crippen molar-refractivity contribution < 1.29 is 0 Å². The zero-order chi connectivity index (χ0) is 16.4. The van der Waals surface area contributed by atoms with Crippen molar-refractivity contribution in [2.45, 2.75) is 6.54 Å². The smallest absolute Gasteiger partial charge is 0.269 e. The van der Waals surface area contributed by atoms with Gasteiger partial charge in [0.2, 0.25) is 0 Å². The Bertz CT molecular complexity index is 1060. The first-order valence-electron chi connectivity index (χ1n) is 7.60. The third kappa shape index (κ3) is 2.67. The second-order valence-corrected chi connectivity index (χ2v) is 5.49. The van der Waals surface area contributed by atoms with Crippen molar-refractivity contribution in [2.75, 3.05) is 0 Å². The monoisotopic (exact) mass is 314 g/mol. The van der Waals surface area contributed by atoms with Crippen LogP contribution in [0.2, 0.25) is 0 Å². The topological polar surface area (TPSA) is 60.7 Å². The van der Waals surface area contributed by atoms with Crippen molar-refractivity contribution in [2.24, 2.45) is 0 Å². The second kappa shape index (κ2) is 6.04. The van der Waals surface area contributed by atoms with Gasteiger partial charge in [-0.25, -0.2) is 4.98 Å². The number of rotatable bonds is 3. The van der Waals surface area contributed by atoms with Crippen LogP contribution in [-0.4, -0.2) is 19.5 Å². The SMILES string of the molecule is O=c1cnc2cnccc2n1Cc1cccc(-c2cccnc2)c1. The van der Waals surface area contributed by atoms with Gasteiger partial charge < -0.3 is 4.57 Å². The van der Waals surface area contributed by atoms with Gasteiger partial charge in [-0.3, -0.25) is 14.8 Å². The summed E-state index contributed by atoms with van der Waals surface area (Å²) in [4.78, 5) is 24.6. The van der Waals surface area contributed by atoms with Gasteiger partial charge in [0.15, 0.2) is 0 Å². The molecule has 0 N–H and O–H groups in total. The van der Waals surface area contributed by atoms with Crippen molar-refractivity contribution in [3.63, 3.8) is 0 Å². The van der Waals surface area contributed by atoms with E-state index >= 15 is 0 Å². The molecule has 0 aliphatic heterocycles. The summed E-state index contributed by atoms with van der Waals surface area (Å²) in [5, 5.41) is 0. The highest BCUT2D eigenvalue weighted by molar-refractivity contribution is 5.73. The molecule has 0 amide bonds. The van der Waals surface area contributed by atoms with E-state index in [1.165, 1.54) is 6.20 Å². The van der Waals surface area contributed by atoms with E-state index in [9.17, 15) is 4.79 Å². The van der Waals surface area contributed by atoms with E-state index in [0.717, 1.165) is 22.2 Å². The number of hydrogen-bond acceptors (Lipinski definition) is 4. The largest absolute Gasteiger partial charge is 0.301 e. The molecule has 5 nitrogen and oxygen atoms in total. The number of benzene rings is 1. The molecule has 0 saturated heterocycles. The molecule has 4 aromatic rings. The number of fused-ring (bicyclic) bond motifs is 1. The highest BCUT2D eigenvalue weighted by atomic mass is 16.1. The molecule has 0 unspecified atom stereocenters. The van der Waals surface area contributed by atoms with Crippen LogP contribution >= 0.6 is 0 Å². The first kappa shape index (κ1) is 14.3. The van der Waals surface area contributed by atoms with Gasteiger partial charge in [-0.1, -0.05) is 24.3 Å². The zero-order valence-electron chi connectivity index (χ0n) is 12.8. The summed E-state index contributed by atoms with van der Waals surface area (Å²) < 4.78 is 1.71. The summed E-state index contributed by atoms with van der Waals surface area (Å²) in [6.07, 6.45) is 8.27. The zero-order valence-corrected chi connectivity index (χ0v) is 12.8. The normalized spacial score (nSPS) is 10.8. The van der Waals surface area contributed by atoms with Crippen molar-refractivity contribution in [1.29, 1.82) is 0 Å². The number of nitrogens with zero attached hydrogens (tertiary/aromatic N) is 4. The van der Waals surface area contributed by atoms with Crippen LogP contribution in [0.25, 0.3) is 22.2 Å². The Morgan fingerprint density at radius 1 is 0.875 bits per heavy atom. The quantitative estimate of drug-likeness (QED) is 0.583. The Hall–Kier alpha value is -3.34. The Morgan fingerprint density at radius 3 is 2.62 bits per heavy atom.